The summed E-state index contributed by atoms with van der Waals surface area (Å²) in [6.45, 7) is 5.33. The van der Waals surface area contributed by atoms with E-state index in [0.717, 1.165) is 10.3 Å². The Balaban J connectivity index is 2.15. The molecular formula is C20H21N3O5. The molecule has 1 heterocycles. The third-order valence-corrected chi connectivity index (χ3v) is 5.36. The largest absolute Gasteiger partial charge is 0.480 e. The van der Waals surface area contributed by atoms with Gasteiger partial charge in [0.25, 0.3) is 11.6 Å². The van der Waals surface area contributed by atoms with Crippen molar-refractivity contribution in [3.63, 3.8) is 0 Å². The van der Waals surface area contributed by atoms with E-state index < -0.39 is 28.1 Å². The first kappa shape index (κ1) is 19.5. The van der Waals surface area contributed by atoms with Gasteiger partial charge in [-0.2, -0.15) is 5.10 Å². The highest BCUT2D eigenvalue weighted by atomic mass is 16.6. The highest BCUT2D eigenvalue weighted by Gasteiger charge is 2.55. The molecule has 28 heavy (non-hydrogen) atoms. The summed E-state index contributed by atoms with van der Waals surface area (Å²) in [5.41, 5.74) is 0.922. The molecule has 3 rings (SSSR count). The molecule has 0 aliphatic heterocycles. The minimum absolute atomic E-state index is 0.0347. The third kappa shape index (κ3) is 3.11. The SMILES string of the molecule is CC1=CCC(C(=O)O)(C(=O)n2nc(C)cc2C)C(c2ccc([N+](=O)[O-])cc2)C1. The van der Waals surface area contributed by atoms with Crippen molar-refractivity contribution in [1.82, 2.24) is 9.78 Å². The number of aromatic nitrogens is 2. The van der Waals surface area contributed by atoms with Gasteiger partial charge in [0.2, 0.25) is 0 Å². The van der Waals surface area contributed by atoms with E-state index >= 15 is 0 Å². The van der Waals surface area contributed by atoms with Crippen LogP contribution < -0.4 is 0 Å². The number of carboxylic acids is 1. The summed E-state index contributed by atoms with van der Waals surface area (Å²) < 4.78 is 1.16. The summed E-state index contributed by atoms with van der Waals surface area (Å²) >= 11 is 0. The summed E-state index contributed by atoms with van der Waals surface area (Å²) in [6.07, 6.45) is 2.18. The molecular weight excluding hydrogens is 362 g/mol. The fourth-order valence-corrected chi connectivity index (χ4v) is 3.88. The molecule has 2 atom stereocenters. The van der Waals surface area contributed by atoms with E-state index in [1.54, 1.807) is 26.0 Å². The monoisotopic (exact) mass is 383 g/mol. The predicted octanol–water partition coefficient (Wildman–Crippen LogP) is 3.64. The van der Waals surface area contributed by atoms with Gasteiger partial charge in [-0.3, -0.25) is 19.7 Å². The molecule has 0 fully saturated rings. The van der Waals surface area contributed by atoms with Gasteiger partial charge >= 0.3 is 5.97 Å². The molecule has 8 nitrogen and oxygen atoms in total. The molecule has 8 heteroatoms. The first-order chi connectivity index (χ1) is 13.2. The summed E-state index contributed by atoms with van der Waals surface area (Å²) in [6, 6.07) is 7.46. The molecule has 146 valence electrons. The number of nitro groups is 1. The van der Waals surface area contributed by atoms with Crippen LogP contribution in [0.3, 0.4) is 0 Å². The summed E-state index contributed by atoms with van der Waals surface area (Å²) in [5.74, 6) is -2.48. The standard InChI is InChI=1S/C20H21N3O5/c1-12-8-9-20(19(25)26,18(24)22-14(3)11-13(2)21-22)17(10-12)15-4-6-16(7-5-15)23(27)28/h4-8,11,17H,9-10H2,1-3H3,(H,25,26). The lowest BCUT2D eigenvalue weighted by Crippen LogP contribution is -2.48. The number of hydrogen-bond acceptors (Lipinski definition) is 5. The number of aliphatic carboxylic acids is 1. The Morgan fingerprint density at radius 2 is 1.89 bits per heavy atom. The van der Waals surface area contributed by atoms with E-state index in [9.17, 15) is 24.8 Å². The number of nitrogens with zero attached hydrogens (tertiary/aromatic N) is 3. The van der Waals surface area contributed by atoms with E-state index in [4.69, 9.17) is 0 Å². The van der Waals surface area contributed by atoms with Gasteiger partial charge < -0.3 is 5.11 Å². The zero-order valence-corrected chi connectivity index (χ0v) is 15.9. The van der Waals surface area contributed by atoms with Gasteiger partial charge in [-0.1, -0.05) is 23.8 Å². The zero-order chi connectivity index (χ0) is 20.6. The van der Waals surface area contributed by atoms with Crippen molar-refractivity contribution in [2.45, 2.75) is 39.5 Å². The number of allylic oxidation sites excluding steroid dienone is 2. The number of carboxylic acid groups (broad SMARTS) is 1. The van der Waals surface area contributed by atoms with Gasteiger partial charge in [0.05, 0.1) is 10.6 Å². The number of aryl methyl sites for hydroxylation is 2. The van der Waals surface area contributed by atoms with Crippen molar-refractivity contribution in [2.75, 3.05) is 0 Å². The van der Waals surface area contributed by atoms with Crippen LogP contribution in [0.25, 0.3) is 0 Å². The van der Waals surface area contributed by atoms with Crippen molar-refractivity contribution in [1.29, 1.82) is 0 Å². The van der Waals surface area contributed by atoms with Gasteiger partial charge in [0, 0.05) is 23.7 Å². The van der Waals surface area contributed by atoms with Crippen molar-refractivity contribution in [3.05, 3.63) is 69.0 Å². The number of benzene rings is 1. The van der Waals surface area contributed by atoms with E-state index in [0.29, 0.717) is 23.4 Å². The molecule has 1 aliphatic rings. The number of carbonyl (C=O) groups excluding carboxylic acids is 1. The Kier molecular flexibility index (Phi) is 4.89. The number of rotatable bonds is 4. The van der Waals surface area contributed by atoms with Crippen LogP contribution in [0.4, 0.5) is 5.69 Å². The lowest BCUT2D eigenvalue weighted by molar-refractivity contribution is -0.384. The van der Waals surface area contributed by atoms with Gasteiger partial charge in [-0.05, 0) is 45.2 Å². The molecule has 1 aromatic carbocycles. The average Bonchev–Trinajstić information content (AvgIpc) is 2.99. The minimum atomic E-state index is -1.74. The molecule has 1 N–H and O–H groups in total. The van der Waals surface area contributed by atoms with Gasteiger partial charge in [-0.15, -0.1) is 0 Å². The van der Waals surface area contributed by atoms with E-state index in [-0.39, 0.29) is 12.1 Å². The number of carbonyl (C=O) groups is 2. The van der Waals surface area contributed by atoms with Crippen molar-refractivity contribution >= 4 is 17.6 Å². The molecule has 2 aromatic rings. The normalized spacial score (nSPS) is 21.8. The summed E-state index contributed by atoms with van der Waals surface area (Å²) in [5, 5.41) is 25.3. The van der Waals surface area contributed by atoms with Crippen molar-refractivity contribution in [3.8, 4) is 0 Å². The van der Waals surface area contributed by atoms with E-state index in [2.05, 4.69) is 5.10 Å². The Hall–Kier alpha value is -3.29. The highest BCUT2D eigenvalue weighted by molar-refractivity contribution is 6.04. The van der Waals surface area contributed by atoms with Crippen LogP contribution in [-0.4, -0.2) is 31.7 Å². The Bertz CT molecular complexity index is 990. The van der Waals surface area contributed by atoms with E-state index in [1.165, 1.54) is 24.3 Å². The molecule has 0 bridgehead atoms. The lowest BCUT2D eigenvalue weighted by atomic mass is 9.63. The summed E-state index contributed by atoms with van der Waals surface area (Å²) in [4.78, 5) is 36.4. The smallest absolute Gasteiger partial charge is 0.320 e. The Morgan fingerprint density at radius 3 is 2.39 bits per heavy atom. The highest BCUT2D eigenvalue weighted by Crippen LogP contribution is 2.48. The van der Waals surface area contributed by atoms with Gasteiger partial charge in [-0.25, -0.2) is 4.68 Å². The van der Waals surface area contributed by atoms with Crippen LogP contribution in [0.2, 0.25) is 0 Å². The van der Waals surface area contributed by atoms with Crippen LogP contribution in [0.5, 0.6) is 0 Å². The van der Waals surface area contributed by atoms with Crippen molar-refractivity contribution in [2.24, 2.45) is 5.41 Å². The van der Waals surface area contributed by atoms with Crippen LogP contribution in [0.15, 0.2) is 42.0 Å². The quantitative estimate of drug-likeness (QED) is 0.373. The lowest BCUT2D eigenvalue weighted by Gasteiger charge is -2.38. The molecule has 0 amide bonds. The first-order valence-corrected chi connectivity index (χ1v) is 8.88. The number of non-ortho nitro benzene ring substituents is 1. The van der Waals surface area contributed by atoms with Gasteiger partial charge in [0.1, 0.15) is 0 Å². The molecule has 0 saturated carbocycles. The molecule has 1 aliphatic carbocycles. The van der Waals surface area contributed by atoms with E-state index in [1.807, 2.05) is 6.92 Å². The maximum absolute atomic E-state index is 13.4. The minimum Gasteiger partial charge on any atom is -0.480 e. The Morgan fingerprint density at radius 1 is 1.25 bits per heavy atom. The summed E-state index contributed by atoms with van der Waals surface area (Å²) in [7, 11) is 0. The van der Waals surface area contributed by atoms with Crippen LogP contribution in [0, 0.1) is 29.4 Å². The molecule has 2 unspecified atom stereocenters. The molecule has 1 aromatic heterocycles. The topological polar surface area (TPSA) is 115 Å². The maximum atomic E-state index is 13.4. The van der Waals surface area contributed by atoms with Crippen LogP contribution >= 0.6 is 0 Å². The second kappa shape index (κ2) is 7.03. The first-order valence-electron chi connectivity index (χ1n) is 8.88. The molecule has 0 radical (unpaired) electrons. The fourth-order valence-electron chi connectivity index (χ4n) is 3.88. The average molecular weight is 383 g/mol. The Labute approximate surface area is 161 Å². The zero-order valence-electron chi connectivity index (χ0n) is 15.9. The van der Waals surface area contributed by atoms with Crippen molar-refractivity contribution < 1.29 is 19.6 Å². The second-order valence-corrected chi connectivity index (χ2v) is 7.28. The third-order valence-electron chi connectivity index (χ3n) is 5.36. The van der Waals surface area contributed by atoms with Gasteiger partial charge in [0.15, 0.2) is 5.41 Å². The maximum Gasteiger partial charge on any atom is 0.320 e. The molecule has 0 spiro atoms. The van der Waals surface area contributed by atoms with Crippen LogP contribution in [0.1, 0.15) is 47.4 Å². The number of hydrogen-bond donors (Lipinski definition) is 1. The fraction of sp³-hybridized carbons (Fsp3) is 0.350. The van der Waals surface area contributed by atoms with Crippen LogP contribution in [-0.2, 0) is 4.79 Å². The predicted molar refractivity (Wildman–Crippen MR) is 101 cm³/mol. The number of nitro benzene ring substituents is 1. The second-order valence-electron chi connectivity index (χ2n) is 7.28. The molecule has 0 saturated heterocycles.